The average Bonchev–Trinajstić information content (AvgIpc) is 2.49. The first-order valence-electron chi connectivity index (χ1n) is 6.19. The number of rotatable bonds is 3. The quantitative estimate of drug-likeness (QED) is 0.501. The molecule has 0 fully saturated rings. The smallest absolute Gasteiger partial charge is 0.271 e. The van der Waals surface area contributed by atoms with Crippen molar-refractivity contribution >= 4 is 46.2 Å². The molecule has 2 N–H and O–H groups in total. The normalized spacial score (nSPS) is 10.0. The van der Waals surface area contributed by atoms with Gasteiger partial charge in [-0.2, -0.15) is 0 Å². The molecule has 2 aromatic rings. The van der Waals surface area contributed by atoms with E-state index in [-0.39, 0.29) is 27.1 Å². The highest BCUT2D eigenvalue weighted by molar-refractivity contribution is 7.80. The molecule has 23 heavy (non-hydrogen) atoms. The molecule has 0 aliphatic rings. The lowest BCUT2D eigenvalue weighted by atomic mass is 10.2. The summed E-state index contributed by atoms with van der Waals surface area (Å²) >= 11 is 10.8. The Hall–Kier alpha value is -2.58. The summed E-state index contributed by atoms with van der Waals surface area (Å²) in [6.45, 7) is 0. The van der Waals surface area contributed by atoms with Crippen molar-refractivity contribution < 1.29 is 14.1 Å². The second kappa shape index (κ2) is 7.12. The van der Waals surface area contributed by atoms with Crippen molar-refractivity contribution in [2.45, 2.75) is 0 Å². The Morgan fingerprint density at radius 1 is 1.26 bits per heavy atom. The van der Waals surface area contributed by atoms with E-state index in [4.69, 9.17) is 23.8 Å². The molecule has 0 spiro atoms. The molecule has 0 aromatic heterocycles. The van der Waals surface area contributed by atoms with Crippen molar-refractivity contribution in [3.63, 3.8) is 0 Å². The molecule has 0 saturated heterocycles. The topological polar surface area (TPSA) is 84.3 Å². The molecule has 0 saturated carbocycles. The maximum Gasteiger partial charge on any atom is 0.271 e. The lowest BCUT2D eigenvalue weighted by Crippen LogP contribution is -2.34. The highest BCUT2D eigenvalue weighted by atomic mass is 35.5. The lowest BCUT2D eigenvalue weighted by molar-refractivity contribution is -0.384. The largest absolute Gasteiger partial charge is 0.330 e. The molecule has 0 aliphatic heterocycles. The van der Waals surface area contributed by atoms with Crippen LogP contribution in [-0.2, 0) is 0 Å². The van der Waals surface area contributed by atoms with Crippen molar-refractivity contribution in [3.05, 3.63) is 69.0 Å². The third-order valence-electron chi connectivity index (χ3n) is 2.75. The number of nitrogens with one attached hydrogen (secondary N) is 2. The van der Waals surface area contributed by atoms with Crippen molar-refractivity contribution in [1.29, 1.82) is 0 Å². The average molecular weight is 354 g/mol. The minimum absolute atomic E-state index is 0.192. The summed E-state index contributed by atoms with van der Waals surface area (Å²) in [6.07, 6.45) is 0. The molecule has 6 nitrogen and oxygen atoms in total. The Kier molecular flexibility index (Phi) is 5.20. The van der Waals surface area contributed by atoms with E-state index >= 15 is 0 Å². The lowest BCUT2D eigenvalue weighted by Gasteiger charge is -2.10. The van der Waals surface area contributed by atoms with Crippen molar-refractivity contribution in [2.24, 2.45) is 0 Å². The van der Waals surface area contributed by atoms with Crippen LogP contribution in [0.4, 0.5) is 15.8 Å². The fourth-order valence-corrected chi connectivity index (χ4v) is 2.12. The molecule has 2 aromatic carbocycles. The van der Waals surface area contributed by atoms with Crippen LogP contribution in [0.3, 0.4) is 0 Å². The molecule has 1 amide bonds. The summed E-state index contributed by atoms with van der Waals surface area (Å²) in [7, 11) is 0. The number of halogens is 2. The van der Waals surface area contributed by atoms with Gasteiger partial charge in [0.15, 0.2) is 5.11 Å². The van der Waals surface area contributed by atoms with Crippen LogP contribution in [0.2, 0.25) is 5.02 Å². The number of nitrogens with zero attached hydrogens (tertiary/aromatic N) is 1. The molecular weight excluding hydrogens is 345 g/mol. The molecule has 0 aliphatic carbocycles. The first kappa shape index (κ1) is 16.8. The summed E-state index contributed by atoms with van der Waals surface area (Å²) in [5.74, 6) is -1.33. The fraction of sp³-hybridized carbons (Fsp3) is 0. The maximum atomic E-state index is 13.6. The number of carbonyl (C=O) groups excluding carboxylic acids is 1. The Labute approximate surface area is 140 Å². The summed E-state index contributed by atoms with van der Waals surface area (Å²) in [5, 5.41) is 15.4. The number of hydrogen-bond acceptors (Lipinski definition) is 4. The third-order valence-corrected chi connectivity index (χ3v) is 3.29. The monoisotopic (exact) mass is 353 g/mol. The molecule has 9 heteroatoms. The van der Waals surface area contributed by atoms with Crippen LogP contribution in [-0.4, -0.2) is 15.9 Å². The van der Waals surface area contributed by atoms with Crippen LogP contribution in [0.25, 0.3) is 0 Å². The van der Waals surface area contributed by atoms with Crippen LogP contribution in [0.1, 0.15) is 10.4 Å². The minimum atomic E-state index is -0.745. The zero-order chi connectivity index (χ0) is 17.0. The second-order valence-electron chi connectivity index (χ2n) is 4.31. The maximum absolute atomic E-state index is 13.6. The van der Waals surface area contributed by atoms with E-state index < -0.39 is 16.6 Å². The van der Waals surface area contributed by atoms with Crippen LogP contribution in [0.5, 0.6) is 0 Å². The number of nitro benzene ring substituents is 1. The fourth-order valence-electron chi connectivity index (χ4n) is 1.69. The minimum Gasteiger partial charge on any atom is -0.330 e. The van der Waals surface area contributed by atoms with Gasteiger partial charge in [-0.05, 0) is 30.4 Å². The van der Waals surface area contributed by atoms with Gasteiger partial charge in [0.1, 0.15) is 5.82 Å². The summed E-state index contributed by atoms with van der Waals surface area (Å²) in [6, 6.07) is 9.24. The van der Waals surface area contributed by atoms with Gasteiger partial charge < -0.3 is 5.32 Å². The van der Waals surface area contributed by atoms with Crippen molar-refractivity contribution in [2.75, 3.05) is 5.32 Å². The van der Waals surface area contributed by atoms with Gasteiger partial charge in [0.05, 0.1) is 21.2 Å². The van der Waals surface area contributed by atoms with Crippen molar-refractivity contribution in [1.82, 2.24) is 5.32 Å². The van der Waals surface area contributed by atoms with Crippen LogP contribution < -0.4 is 10.6 Å². The van der Waals surface area contributed by atoms with Gasteiger partial charge in [-0.25, -0.2) is 4.39 Å². The summed E-state index contributed by atoms with van der Waals surface area (Å²) in [4.78, 5) is 22.0. The van der Waals surface area contributed by atoms with Gasteiger partial charge in [-0.3, -0.25) is 20.2 Å². The van der Waals surface area contributed by atoms with E-state index in [1.54, 1.807) is 12.1 Å². The van der Waals surface area contributed by atoms with Gasteiger partial charge in [-0.1, -0.05) is 23.7 Å². The van der Waals surface area contributed by atoms with E-state index in [1.165, 1.54) is 12.1 Å². The second-order valence-corrected chi connectivity index (χ2v) is 5.12. The van der Waals surface area contributed by atoms with Gasteiger partial charge in [0, 0.05) is 12.1 Å². The molecule has 0 heterocycles. The molecule has 0 atom stereocenters. The van der Waals surface area contributed by atoms with Gasteiger partial charge in [-0.15, -0.1) is 0 Å². The Balaban J connectivity index is 2.11. The number of carbonyl (C=O) groups is 1. The van der Waals surface area contributed by atoms with Crippen LogP contribution in [0, 0.1) is 15.9 Å². The van der Waals surface area contributed by atoms with Gasteiger partial charge in [0.2, 0.25) is 0 Å². The summed E-state index contributed by atoms with van der Waals surface area (Å²) in [5.41, 5.74) is -0.337. The standard InChI is InChI=1S/C14H9ClFN3O3S/c15-10-4-2-1-3-9(10)13(20)18-14(23)17-12-7-8(19(21)22)5-6-11(12)16/h1-7H,(H2,17,18,20,23). The van der Waals surface area contributed by atoms with E-state index in [1.807, 2.05) is 0 Å². The number of thiocarbonyl (C=S) groups is 1. The van der Waals surface area contributed by atoms with E-state index in [0.717, 1.165) is 18.2 Å². The summed E-state index contributed by atoms with van der Waals surface area (Å²) < 4.78 is 13.6. The Bertz CT molecular complexity index is 801. The Morgan fingerprint density at radius 2 is 1.96 bits per heavy atom. The molecule has 2 rings (SSSR count). The number of anilines is 1. The highest BCUT2D eigenvalue weighted by Gasteiger charge is 2.14. The molecule has 0 radical (unpaired) electrons. The van der Waals surface area contributed by atoms with Crippen molar-refractivity contribution in [3.8, 4) is 0 Å². The molecule has 118 valence electrons. The molecule has 0 unspecified atom stereocenters. The molecular formula is C14H9ClFN3O3S. The predicted molar refractivity (Wildman–Crippen MR) is 88.2 cm³/mol. The van der Waals surface area contributed by atoms with Gasteiger partial charge >= 0.3 is 0 Å². The highest BCUT2D eigenvalue weighted by Crippen LogP contribution is 2.21. The SMILES string of the molecule is O=C(NC(=S)Nc1cc([N+](=O)[O-])ccc1F)c1ccccc1Cl. The van der Waals surface area contributed by atoms with Crippen LogP contribution in [0.15, 0.2) is 42.5 Å². The zero-order valence-electron chi connectivity index (χ0n) is 11.4. The van der Waals surface area contributed by atoms with Crippen LogP contribution >= 0.6 is 23.8 Å². The van der Waals surface area contributed by atoms with E-state index in [2.05, 4.69) is 10.6 Å². The van der Waals surface area contributed by atoms with E-state index in [0.29, 0.717) is 0 Å². The number of non-ortho nitro benzene ring substituents is 1. The molecule has 0 bridgehead atoms. The third kappa shape index (κ3) is 4.21. The predicted octanol–water partition coefficient (Wildman–Crippen LogP) is 3.51. The van der Waals surface area contributed by atoms with E-state index in [9.17, 15) is 19.3 Å². The Morgan fingerprint density at radius 3 is 2.61 bits per heavy atom. The number of hydrogen-bond donors (Lipinski definition) is 2. The first-order chi connectivity index (χ1) is 10.9. The number of amides is 1. The zero-order valence-corrected chi connectivity index (χ0v) is 13.0. The van der Waals surface area contributed by atoms with Gasteiger partial charge in [0.25, 0.3) is 11.6 Å². The number of nitro groups is 1. The first-order valence-corrected chi connectivity index (χ1v) is 6.98. The number of benzene rings is 2.